The van der Waals surface area contributed by atoms with E-state index in [-0.39, 0.29) is 0 Å². The lowest BCUT2D eigenvalue weighted by molar-refractivity contribution is 0.753. The number of nitrogens with one attached hydrogen (secondary N) is 1. The number of aryl methyl sites for hydroxylation is 1. The van der Waals surface area contributed by atoms with Crippen LogP contribution in [0.4, 0.5) is 11.4 Å². The van der Waals surface area contributed by atoms with E-state index >= 15 is 0 Å². The Morgan fingerprint density at radius 3 is 2.53 bits per heavy atom. The Morgan fingerprint density at radius 2 is 1.87 bits per heavy atom. The summed E-state index contributed by atoms with van der Waals surface area (Å²) >= 11 is 0. The van der Waals surface area contributed by atoms with Crippen LogP contribution >= 0.6 is 0 Å². The molecule has 1 saturated carbocycles. The van der Waals surface area contributed by atoms with Crippen LogP contribution in [0.15, 0.2) is 12.1 Å². The highest BCUT2D eigenvalue weighted by molar-refractivity contribution is 5.67. The highest BCUT2D eigenvalue weighted by Crippen LogP contribution is 2.29. The maximum Gasteiger partial charge on any atom is 0.0422 e. The van der Waals surface area contributed by atoms with E-state index in [0.29, 0.717) is 6.04 Å². The van der Waals surface area contributed by atoms with Gasteiger partial charge in [-0.2, -0.15) is 0 Å². The first-order chi connectivity index (χ1) is 7.18. The number of nitrogens with two attached hydrogens (primary N) is 1. The highest BCUT2D eigenvalue weighted by Gasteiger charge is 2.16. The molecule has 1 aliphatic carbocycles. The van der Waals surface area contributed by atoms with Crippen LogP contribution in [-0.4, -0.2) is 6.04 Å². The third kappa shape index (κ3) is 2.09. The zero-order valence-corrected chi connectivity index (χ0v) is 9.64. The average molecular weight is 204 g/mol. The van der Waals surface area contributed by atoms with E-state index in [9.17, 15) is 0 Å². The molecule has 0 aliphatic heterocycles. The largest absolute Gasteiger partial charge is 0.398 e. The van der Waals surface area contributed by atoms with Crippen LogP contribution in [0.2, 0.25) is 0 Å². The van der Waals surface area contributed by atoms with E-state index in [1.54, 1.807) is 0 Å². The molecule has 3 N–H and O–H groups in total. The summed E-state index contributed by atoms with van der Waals surface area (Å²) < 4.78 is 0. The molecule has 0 radical (unpaired) electrons. The molecule has 2 rings (SSSR count). The maximum atomic E-state index is 5.92. The second-order valence-electron chi connectivity index (χ2n) is 4.60. The fourth-order valence-corrected chi connectivity index (χ4v) is 2.36. The minimum atomic E-state index is 0.657. The normalized spacial score (nSPS) is 16.9. The Bertz CT molecular complexity index is 352. The second-order valence-corrected chi connectivity index (χ2v) is 4.60. The van der Waals surface area contributed by atoms with Gasteiger partial charge in [-0.25, -0.2) is 0 Å². The van der Waals surface area contributed by atoms with Gasteiger partial charge in [0.2, 0.25) is 0 Å². The van der Waals surface area contributed by atoms with Crippen LogP contribution in [0.1, 0.15) is 36.8 Å². The molecule has 0 heterocycles. The number of hydrogen-bond donors (Lipinski definition) is 2. The summed E-state index contributed by atoms with van der Waals surface area (Å²) in [5, 5.41) is 3.64. The smallest absolute Gasteiger partial charge is 0.0422 e. The molecule has 1 aromatic rings. The lowest BCUT2D eigenvalue weighted by atomic mass is 10.1. The third-order valence-corrected chi connectivity index (χ3v) is 3.42. The molecular formula is C13H20N2. The number of hydrogen-bond acceptors (Lipinski definition) is 2. The van der Waals surface area contributed by atoms with E-state index < -0.39 is 0 Å². The van der Waals surface area contributed by atoms with Crippen LogP contribution in [0.5, 0.6) is 0 Å². The zero-order valence-electron chi connectivity index (χ0n) is 9.64. The van der Waals surface area contributed by atoms with Gasteiger partial charge in [-0.05, 0) is 43.9 Å². The van der Waals surface area contributed by atoms with Crippen molar-refractivity contribution in [1.29, 1.82) is 0 Å². The molecule has 1 fully saturated rings. The van der Waals surface area contributed by atoms with Crippen molar-refractivity contribution in [3.8, 4) is 0 Å². The van der Waals surface area contributed by atoms with Crippen molar-refractivity contribution in [2.24, 2.45) is 0 Å². The van der Waals surface area contributed by atoms with E-state index in [4.69, 9.17) is 5.73 Å². The van der Waals surface area contributed by atoms with E-state index in [1.165, 1.54) is 42.5 Å². The Kier molecular flexibility index (Phi) is 2.85. The lowest BCUT2D eigenvalue weighted by Crippen LogP contribution is -2.16. The number of anilines is 2. The quantitative estimate of drug-likeness (QED) is 0.726. The molecule has 2 heteroatoms. The maximum absolute atomic E-state index is 5.92. The SMILES string of the molecule is Cc1ccc(N)c(C)c1NC1CCCC1. The van der Waals surface area contributed by atoms with Gasteiger partial charge in [0.05, 0.1) is 0 Å². The van der Waals surface area contributed by atoms with E-state index in [2.05, 4.69) is 25.2 Å². The second kappa shape index (κ2) is 4.13. The fourth-order valence-electron chi connectivity index (χ4n) is 2.36. The van der Waals surface area contributed by atoms with Crippen molar-refractivity contribution in [1.82, 2.24) is 0 Å². The van der Waals surface area contributed by atoms with Crippen LogP contribution in [0.25, 0.3) is 0 Å². The number of rotatable bonds is 2. The van der Waals surface area contributed by atoms with Gasteiger partial charge in [-0.3, -0.25) is 0 Å². The van der Waals surface area contributed by atoms with Crippen LogP contribution < -0.4 is 11.1 Å². The first-order valence-electron chi connectivity index (χ1n) is 5.80. The fraction of sp³-hybridized carbons (Fsp3) is 0.538. The first kappa shape index (κ1) is 10.3. The molecular weight excluding hydrogens is 184 g/mol. The van der Waals surface area contributed by atoms with Gasteiger partial charge in [0.15, 0.2) is 0 Å². The Morgan fingerprint density at radius 1 is 1.20 bits per heavy atom. The molecule has 1 aliphatic rings. The summed E-state index contributed by atoms with van der Waals surface area (Å²) in [6.45, 7) is 4.24. The van der Waals surface area contributed by atoms with Gasteiger partial charge in [0.1, 0.15) is 0 Å². The predicted octanol–water partition coefficient (Wildman–Crippen LogP) is 3.24. The minimum Gasteiger partial charge on any atom is -0.398 e. The average Bonchev–Trinajstić information content (AvgIpc) is 2.71. The van der Waals surface area contributed by atoms with Crippen molar-refractivity contribution in [2.75, 3.05) is 11.1 Å². The summed E-state index contributed by atoms with van der Waals surface area (Å²) in [5.41, 5.74) is 10.6. The molecule has 0 unspecified atom stereocenters. The van der Waals surface area contributed by atoms with Gasteiger partial charge >= 0.3 is 0 Å². The van der Waals surface area contributed by atoms with Crippen molar-refractivity contribution >= 4 is 11.4 Å². The first-order valence-corrected chi connectivity index (χ1v) is 5.80. The monoisotopic (exact) mass is 204 g/mol. The van der Waals surface area contributed by atoms with Crippen molar-refractivity contribution in [3.05, 3.63) is 23.3 Å². The zero-order chi connectivity index (χ0) is 10.8. The molecule has 0 spiro atoms. The summed E-state index contributed by atoms with van der Waals surface area (Å²) in [4.78, 5) is 0. The molecule has 2 nitrogen and oxygen atoms in total. The summed E-state index contributed by atoms with van der Waals surface area (Å²) in [6, 6.07) is 4.74. The number of nitrogen functional groups attached to an aromatic ring is 1. The van der Waals surface area contributed by atoms with E-state index in [0.717, 1.165) is 5.69 Å². The predicted molar refractivity (Wildman–Crippen MR) is 66.2 cm³/mol. The van der Waals surface area contributed by atoms with Crippen LogP contribution in [0, 0.1) is 13.8 Å². The minimum absolute atomic E-state index is 0.657. The Labute approximate surface area is 91.9 Å². The highest BCUT2D eigenvalue weighted by atomic mass is 14.9. The van der Waals surface area contributed by atoms with E-state index in [1.807, 2.05) is 6.07 Å². The molecule has 0 atom stereocenters. The molecule has 0 saturated heterocycles. The van der Waals surface area contributed by atoms with Gasteiger partial charge in [0, 0.05) is 17.4 Å². The van der Waals surface area contributed by atoms with Gasteiger partial charge < -0.3 is 11.1 Å². The van der Waals surface area contributed by atoms with Crippen molar-refractivity contribution in [2.45, 2.75) is 45.6 Å². The van der Waals surface area contributed by atoms with Crippen LogP contribution in [0.3, 0.4) is 0 Å². The van der Waals surface area contributed by atoms with Crippen LogP contribution in [-0.2, 0) is 0 Å². The standard InChI is InChI=1S/C13H20N2/c1-9-7-8-12(14)10(2)13(9)15-11-5-3-4-6-11/h7-8,11,15H,3-6,14H2,1-2H3. The Hall–Kier alpha value is -1.18. The van der Waals surface area contributed by atoms with Gasteiger partial charge in [0.25, 0.3) is 0 Å². The molecule has 0 bridgehead atoms. The summed E-state index contributed by atoms with van der Waals surface area (Å²) in [7, 11) is 0. The van der Waals surface area contributed by atoms with Crippen molar-refractivity contribution in [3.63, 3.8) is 0 Å². The molecule has 0 aromatic heterocycles. The third-order valence-electron chi connectivity index (χ3n) is 3.42. The van der Waals surface area contributed by atoms with Crippen molar-refractivity contribution < 1.29 is 0 Å². The molecule has 1 aromatic carbocycles. The Balaban J connectivity index is 2.22. The summed E-state index contributed by atoms with van der Waals surface area (Å²) in [5.74, 6) is 0. The summed E-state index contributed by atoms with van der Waals surface area (Å²) in [6.07, 6.45) is 5.32. The molecule has 15 heavy (non-hydrogen) atoms. The molecule has 0 amide bonds. The van der Waals surface area contributed by atoms with Gasteiger partial charge in [-0.15, -0.1) is 0 Å². The number of benzene rings is 1. The molecule has 82 valence electrons. The topological polar surface area (TPSA) is 38.0 Å². The lowest BCUT2D eigenvalue weighted by Gasteiger charge is -2.19. The van der Waals surface area contributed by atoms with Gasteiger partial charge in [-0.1, -0.05) is 18.9 Å².